The summed E-state index contributed by atoms with van der Waals surface area (Å²) in [4.78, 5) is 15.4. The highest BCUT2D eigenvalue weighted by Crippen LogP contribution is 2.32. The smallest absolute Gasteiger partial charge is 0.335 e. The summed E-state index contributed by atoms with van der Waals surface area (Å²) in [7, 11) is -3.74. The number of nitrogens with zero attached hydrogens (tertiary/aromatic N) is 3. The normalized spacial score (nSPS) is 17.1. The number of benzene rings is 1. The molecule has 0 bridgehead atoms. The van der Waals surface area contributed by atoms with Gasteiger partial charge in [0.2, 0.25) is 21.6 Å². The van der Waals surface area contributed by atoms with Crippen LogP contribution in [0.5, 0.6) is 0 Å². The number of carbonyl (C=O) groups is 1. The van der Waals surface area contributed by atoms with Gasteiger partial charge in [0, 0.05) is 11.4 Å². The first-order valence-corrected chi connectivity index (χ1v) is 11.5. The van der Waals surface area contributed by atoms with Crippen LogP contribution in [0.25, 0.3) is 0 Å². The Morgan fingerprint density at radius 3 is 2.75 bits per heavy atom. The Morgan fingerprint density at radius 1 is 1.18 bits per heavy atom. The summed E-state index contributed by atoms with van der Waals surface area (Å²) in [5.41, 5.74) is 0.649. The number of rotatable bonds is 6. The number of amides is 1. The summed E-state index contributed by atoms with van der Waals surface area (Å²) in [5.74, 6) is -0.0400. The Bertz CT molecular complexity index is 1050. The van der Waals surface area contributed by atoms with Crippen LogP contribution in [0.3, 0.4) is 0 Å². The zero-order chi connectivity index (χ0) is 19.6. The average molecular weight is 418 g/mol. The van der Waals surface area contributed by atoms with Crippen molar-refractivity contribution in [2.75, 3.05) is 6.54 Å². The molecule has 28 heavy (non-hydrogen) atoms. The van der Waals surface area contributed by atoms with Gasteiger partial charge in [0.05, 0.1) is 12.2 Å². The molecule has 0 saturated carbocycles. The fraction of sp³-hybridized carbons (Fsp3) is 0.316. The summed E-state index contributed by atoms with van der Waals surface area (Å²) < 4.78 is 30.7. The molecule has 3 aromatic rings. The van der Waals surface area contributed by atoms with E-state index in [0.717, 1.165) is 11.3 Å². The molecule has 1 atom stereocenters. The highest BCUT2D eigenvalue weighted by molar-refractivity contribution is 7.90. The molecule has 4 rings (SSSR count). The highest BCUT2D eigenvalue weighted by Gasteiger charge is 2.35. The predicted octanol–water partition coefficient (Wildman–Crippen LogP) is 3.01. The maximum Gasteiger partial charge on any atom is 0.335 e. The number of sulfone groups is 1. The monoisotopic (exact) mass is 417 g/mol. The third-order valence-corrected chi connectivity index (χ3v) is 6.94. The van der Waals surface area contributed by atoms with E-state index < -0.39 is 15.1 Å². The zero-order valence-corrected chi connectivity index (χ0v) is 16.7. The first kappa shape index (κ1) is 18.8. The number of hydrogen-bond donors (Lipinski definition) is 0. The van der Waals surface area contributed by atoms with E-state index in [0.29, 0.717) is 24.9 Å². The molecule has 0 spiro atoms. The molecule has 1 aliphatic rings. The Morgan fingerprint density at radius 2 is 2.00 bits per heavy atom. The van der Waals surface area contributed by atoms with Crippen molar-refractivity contribution in [3.63, 3.8) is 0 Å². The van der Waals surface area contributed by atoms with Crippen LogP contribution in [0.4, 0.5) is 0 Å². The molecule has 1 fully saturated rings. The van der Waals surface area contributed by atoms with Gasteiger partial charge < -0.3 is 9.32 Å². The van der Waals surface area contributed by atoms with Crippen LogP contribution in [0, 0.1) is 0 Å². The first-order chi connectivity index (χ1) is 13.5. The number of carbonyl (C=O) groups excluding carboxylic acids is 1. The van der Waals surface area contributed by atoms with Gasteiger partial charge in [-0.3, -0.25) is 4.79 Å². The number of thiophene rings is 1. The quantitative estimate of drug-likeness (QED) is 0.612. The SMILES string of the molecule is O=C(Cc1cccs1)N1CCC[C@H]1c1nnc(S(=O)(=O)Cc2ccccc2)o1. The van der Waals surface area contributed by atoms with Gasteiger partial charge >= 0.3 is 5.22 Å². The van der Waals surface area contributed by atoms with Gasteiger partial charge in [0.25, 0.3) is 0 Å². The highest BCUT2D eigenvalue weighted by atomic mass is 32.2. The van der Waals surface area contributed by atoms with Crippen molar-refractivity contribution in [2.45, 2.75) is 36.3 Å². The summed E-state index contributed by atoms with van der Waals surface area (Å²) in [5, 5.41) is 9.24. The van der Waals surface area contributed by atoms with E-state index >= 15 is 0 Å². The number of aromatic nitrogens is 2. The third kappa shape index (κ3) is 4.00. The fourth-order valence-electron chi connectivity index (χ4n) is 3.32. The van der Waals surface area contributed by atoms with Crippen molar-refractivity contribution < 1.29 is 17.6 Å². The van der Waals surface area contributed by atoms with Crippen molar-refractivity contribution in [1.82, 2.24) is 15.1 Å². The van der Waals surface area contributed by atoms with Crippen LogP contribution in [0.15, 0.2) is 57.5 Å². The molecule has 146 valence electrons. The van der Waals surface area contributed by atoms with Crippen molar-refractivity contribution in [3.8, 4) is 0 Å². The van der Waals surface area contributed by atoms with Crippen molar-refractivity contribution in [2.24, 2.45) is 0 Å². The van der Waals surface area contributed by atoms with E-state index in [9.17, 15) is 13.2 Å². The minimum atomic E-state index is -3.74. The van der Waals surface area contributed by atoms with E-state index in [-0.39, 0.29) is 23.6 Å². The fourth-order valence-corrected chi connectivity index (χ4v) is 5.15. The molecule has 1 amide bonds. The van der Waals surface area contributed by atoms with E-state index in [1.165, 1.54) is 11.3 Å². The molecule has 7 nitrogen and oxygen atoms in total. The van der Waals surface area contributed by atoms with Gasteiger partial charge in [0.15, 0.2) is 0 Å². The van der Waals surface area contributed by atoms with Crippen molar-refractivity contribution >= 4 is 27.1 Å². The van der Waals surface area contributed by atoms with Crippen molar-refractivity contribution in [3.05, 3.63) is 64.2 Å². The number of hydrogen-bond acceptors (Lipinski definition) is 7. The van der Waals surface area contributed by atoms with E-state index in [1.807, 2.05) is 23.6 Å². The minimum absolute atomic E-state index is 0.0168. The third-order valence-electron chi connectivity index (χ3n) is 4.65. The second-order valence-corrected chi connectivity index (χ2v) is 9.55. The minimum Gasteiger partial charge on any atom is -0.410 e. The molecule has 1 aromatic carbocycles. The molecule has 0 N–H and O–H groups in total. The van der Waals surface area contributed by atoms with Crippen molar-refractivity contribution in [1.29, 1.82) is 0 Å². The van der Waals surface area contributed by atoms with E-state index in [1.54, 1.807) is 29.2 Å². The van der Waals surface area contributed by atoms with E-state index in [4.69, 9.17) is 4.42 Å². The largest absolute Gasteiger partial charge is 0.410 e. The summed E-state index contributed by atoms with van der Waals surface area (Å²) in [6, 6.07) is 12.3. The lowest BCUT2D eigenvalue weighted by Gasteiger charge is -2.21. The standard InChI is InChI=1S/C19H19N3O4S2/c23-17(12-15-8-5-11-27-15)22-10-4-9-16(22)18-20-21-19(26-18)28(24,25)13-14-6-2-1-3-7-14/h1-3,5-8,11,16H,4,9-10,12-13H2/t16-/m0/s1. The molecular weight excluding hydrogens is 398 g/mol. The van der Waals surface area contributed by atoms with Crippen LogP contribution in [-0.4, -0.2) is 36.0 Å². The molecule has 0 aliphatic carbocycles. The summed E-state index contributed by atoms with van der Waals surface area (Å²) in [6.07, 6.45) is 1.81. The summed E-state index contributed by atoms with van der Waals surface area (Å²) in [6.45, 7) is 0.601. The molecule has 3 heterocycles. The zero-order valence-electron chi connectivity index (χ0n) is 15.0. The molecule has 0 radical (unpaired) electrons. The summed E-state index contributed by atoms with van der Waals surface area (Å²) >= 11 is 1.54. The second-order valence-electron chi connectivity index (χ2n) is 6.65. The van der Waals surface area contributed by atoms with E-state index in [2.05, 4.69) is 10.2 Å². The maximum absolute atomic E-state index is 12.7. The molecule has 0 unspecified atom stereocenters. The maximum atomic E-state index is 12.7. The molecular formula is C19H19N3O4S2. The van der Waals surface area contributed by atoms with Gasteiger partial charge in [-0.15, -0.1) is 16.4 Å². The van der Waals surface area contributed by atoms with Gasteiger partial charge in [-0.25, -0.2) is 8.42 Å². The predicted molar refractivity (Wildman–Crippen MR) is 103 cm³/mol. The molecule has 1 saturated heterocycles. The topological polar surface area (TPSA) is 93.4 Å². The Hall–Kier alpha value is -2.52. The first-order valence-electron chi connectivity index (χ1n) is 8.95. The lowest BCUT2D eigenvalue weighted by atomic mass is 10.2. The molecule has 9 heteroatoms. The van der Waals surface area contributed by atoms with Crippen LogP contribution in [-0.2, 0) is 26.8 Å². The van der Waals surface area contributed by atoms with Gasteiger partial charge in [-0.05, 0) is 29.9 Å². The molecule has 2 aromatic heterocycles. The van der Waals surface area contributed by atoms with Crippen LogP contribution < -0.4 is 0 Å². The Labute approximate surface area is 166 Å². The van der Waals surface area contributed by atoms with Crippen LogP contribution in [0.2, 0.25) is 0 Å². The Balaban J connectivity index is 1.50. The van der Waals surface area contributed by atoms with Crippen LogP contribution >= 0.6 is 11.3 Å². The Kier molecular flexibility index (Phi) is 5.27. The van der Waals surface area contributed by atoms with Crippen LogP contribution in [0.1, 0.15) is 35.2 Å². The van der Waals surface area contributed by atoms with Gasteiger partial charge in [0.1, 0.15) is 6.04 Å². The lowest BCUT2D eigenvalue weighted by Crippen LogP contribution is -2.31. The molecule has 1 aliphatic heterocycles. The van der Waals surface area contributed by atoms with Gasteiger partial charge in [-0.2, -0.15) is 0 Å². The lowest BCUT2D eigenvalue weighted by molar-refractivity contribution is -0.131. The average Bonchev–Trinajstić information content (AvgIpc) is 3.42. The number of likely N-dealkylation sites (tertiary alicyclic amines) is 1. The van der Waals surface area contributed by atoms with Gasteiger partial charge in [-0.1, -0.05) is 41.5 Å². The second kappa shape index (κ2) is 7.84.